The van der Waals surface area contributed by atoms with Gasteiger partial charge in [-0.25, -0.2) is 0 Å². The molecule has 2 aliphatic heterocycles. The molecule has 4 rings (SSSR count). The predicted octanol–water partition coefficient (Wildman–Crippen LogP) is 3.43. The van der Waals surface area contributed by atoms with Gasteiger partial charge in [-0.1, -0.05) is 6.92 Å². The number of rotatable bonds is 4. The summed E-state index contributed by atoms with van der Waals surface area (Å²) >= 11 is 0. The van der Waals surface area contributed by atoms with Crippen LogP contribution < -0.4 is 10.2 Å². The van der Waals surface area contributed by atoms with E-state index in [0.717, 1.165) is 12.5 Å². The highest BCUT2D eigenvalue weighted by Gasteiger charge is 2.35. The molecule has 3 atom stereocenters. The molecule has 0 unspecified atom stereocenters. The minimum atomic E-state index is -4.47. The van der Waals surface area contributed by atoms with E-state index in [2.05, 4.69) is 27.0 Å². The molecule has 2 aliphatic rings. The summed E-state index contributed by atoms with van der Waals surface area (Å²) < 4.78 is 40.5. The first kappa shape index (κ1) is 23.8. The first-order valence-corrected chi connectivity index (χ1v) is 11.6. The van der Waals surface area contributed by atoms with Crippen LogP contribution in [-0.4, -0.2) is 65.3 Å². The third-order valence-corrected chi connectivity index (χ3v) is 6.83. The number of nitrogens with zero attached hydrogens (tertiary/aromatic N) is 3. The molecule has 0 saturated carbocycles. The van der Waals surface area contributed by atoms with Gasteiger partial charge in [-0.05, 0) is 56.4 Å². The molecule has 1 aromatic carbocycles. The predicted molar refractivity (Wildman–Crippen MR) is 121 cm³/mol. The molecule has 33 heavy (non-hydrogen) atoms. The Morgan fingerprint density at radius 2 is 1.94 bits per heavy atom. The molecule has 2 fully saturated rings. The Bertz CT molecular complexity index is 991. The van der Waals surface area contributed by atoms with Crippen molar-refractivity contribution in [3.05, 3.63) is 36.0 Å². The number of hydrogen-bond donors (Lipinski definition) is 2. The fourth-order valence-electron chi connectivity index (χ4n) is 5.08. The summed E-state index contributed by atoms with van der Waals surface area (Å²) in [6.45, 7) is 6.57. The second-order valence-electron chi connectivity index (χ2n) is 9.42. The second-order valence-corrected chi connectivity index (χ2v) is 9.42. The summed E-state index contributed by atoms with van der Waals surface area (Å²) in [5.74, 6) is 0.211. The number of piperidine rings is 2. The normalized spacial score (nSPS) is 24.1. The van der Waals surface area contributed by atoms with Gasteiger partial charge in [0.25, 0.3) is 0 Å². The zero-order valence-electron chi connectivity index (χ0n) is 19.0. The van der Waals surface area contributed by atoms with Gasteiger partial charge in [0.2, 0.25) is 5.91 Å². The number of carbonyl (C=O) groups excluding carboxylic acids is 1. The minimum absolute atomic E-state index is 0.0515. The number of halogens is 3. The number of fused-ring (bicyclic) bond motifs is 1. The van der Waals surface area contributed by atoms with Crippen LogP contribution >= 0.6 is 0 Å². The molecule has 180 valence electrons. The molecule has 2 saturated heterocycles. The molecule has 2 aromatic rings. The van der Waals surface area contributed by atoms with Gasteiger partial charge in [0, 0.05) is 49.5 Å². The van der Waals surface area contributed by atoms with Crippen molar-refractivity contribution in [2.75, 3.05) is 31.1 Å². The van der Waals surface area contributed by atoms with Crippen LogP contribution in [-0.2, 0) is 11.0 Å². The number of nitrogens with one attached hydrogen (secondary N) is 1. The quantitative estimate of drug-likeness (QED) is 0.726. The number of alkyl halides is 3. The van der Waals surface area contributed by atoms with Crippen LogP contribution in [0.15, 0.2) is 30.5 Å². The van der Waals surface area contributed by atoms with Crippen molar-refractivity contribution in [2.24, 2.45) is 5.92 Å². The average Bonchev–Trinajstić information content (AvgIpc) is 2.77. The maximum atomic E-state index is 13.5. The number of hydrogen-bond acceptors (Lipinski definition) is 5. The van der Waals surface area contributed by atoms with Crippen molar-refractivity contribution in [1.29, 1.82) is 0 Å². The van der Waals surface area contributed by atoms with Crippen LogP contribution in [0.5, 0.6) is 0 Å². The highest BCUT2D eigenvalue weighted by Crippen LogP contribution is 2.38. The number of pyridine rings is 1. The summed E-state index contributed by atoms with van der Waals surface area (Å²) in [6, 6.07) is 5.55. The van der Waals surface area contributed by atoms with E-state index in [1.54, 1.807) is 12.1 Å². The van der Waals surface area contributed by atoms with Gasteiger partial charge in [-0.3, -0.25) is 14.7 Å². The number of carbonyl (C=O) groups is 1. The molecule has 1 aromatic heterocycles. The lowest BCUT2D eigenvalue weighted by molar-refractivity contribution is -0.136. The fourth-order valence-corrected chi connectivity index (χ4v) is 5.08. The molecule has 0 radical (unpaired) electrons. The Morgan fingerprint density at radius 3 is 2.64 bits per heavy atom. The lowest BCUT2D eigenvalue weighted by Gasteiger charge is -2.40. The third kappa shape index (κ3) is 5.24. The smallest absolute Gasteiger partial charge is 0.393 e. The minimum Gasteiger partial charge on any atom is -0.393 e. The van der Waals surface area contributed by atoms with Gasteiger partial charge in [0.05, 0.1) is 23.2 Å². The van der Waals surface area contributed by atoms with Crippen LogP contribution in [0.3, 0.4) is 0 Å². The van der Waals surface area contributed by atoms with Gasteiger partial charge in [-0.15, -0.1) is 0 Å². The maximum Gasteiger partial charge on any atom is 0.418 e. The number of benzene rings is 1. The van der Waals surface area contributed by atoms with Gasteiger partial charge in [0.1, 0.15) is 0 Å². The van der Waals surface area contributed by atoms with Gasteiger partial charge in [-0.2, -0.15) is 13.2 Å². The van der Waals surface area contributed by atoms with Crippen molar-refractivity contribution in [1.82, 2.24) is 15.2 Å². The molecular weight excluding hydrogens is 433 g/mol. The van der Waals surface area contributed by atoms with E-state index in [9.17, 15) is 23.1 Å². The lowest BCUT2D eigenvalue weighted by Crippen LogP contribution is -2.55. The first-order valence-electron chi connectivity index (χ1n) is 11.6. The standard InChI is InChI=1S/C24H31F3N4O2/c1-15-12-17(29-23(33)16(2)30-10-7-18(32)8-11-30)14-31(13-15)21-6-5-20(24(25,26)27)22-19(21)4-3-9-28-22/h3-6,9,15-18,32H,7-8,10-14H2,1-2H3,(H,29,33)/t15-,16+,17+/m0/s1. The van der Waals surface area contributed by atoms with Crippen molar-refractivity contribution in [3.8, 4) is 0 Å². The van der Waals surface area contributed by atoms with E-state index in [0.29, 0.717) is 50.1 Å². The topological polar surface area (TPSA) is 68.7 Å². The van der Waals surface area contributed by atoms with Crippen LogP contribution in [0.1, 0.15) is 38.7 Å². The van der Waals surface area contributed by atoms with E-state index in [1.165, 1.54) is 12.3 Å². The first-order chi connectivity index (χ1) is 15.6. The molecule has 6 nitrogen and oxygen atoms in total. The lowest BCUT2D eigenvalue weighted by atomic mass is 9.94. The highest BCUT2D eigenvalue weighted by molar-refractivity contribution is 5.94. The summed E-state index contributed by atoms with van der Waals surface area (Å²) in [7, 11) is 0. The Hall–Kier alpha value is -2.39. The third-order valence-electron chi connectivity index (χ3n) is 6.83. The van der Waals surface area contributed by atoms with Crippen molar-refractivity contribution in [2.45, 2.75) is 57.5 Å². The molecule has 0 bridgehead atoms. The Balaban J connectivity index is 1.51. The van der Waals surface area contributed by atoms with Gasteiger partial charge < -0.3 is 15.3 Å². The summed E-state index contributed by atoms with van der Waals surface area (Å²) in [5, 5.41) is 13.3. The largest absolute Gasteiger partial charge is 0.418 e. The number of aliphatic hydroxyl groups is 1. The fraction of sp³-hybridized carbons (Fsp3) is 0.583. The Labute approximate surface area is 191 Å². The SMILES string of the molecule is C[C@H]1C[C@@H](NC(=O)[C@@H](C)N2CCC(O)CC2)CN(c2ccc(C(F)(F)F)c3ncccc23)C1. The van der Waals surface area contributed by atoms with E-state index >= 15 is 0 Å². The highest BCUT2D eigenvalue weighted by atomic mass is 19.4. The molecular formula is C24H31F3N4O2. The summed E-state index contributed by atoms with van der Waals surface area (Å²) in [5.41, 5.74) is -0.0885. The summed E-state index contributed by atoms with van der Waals surface area (Å²) in [6.07, 6.45) is -1.24. The van der Waals surface area contributed by atoms with Gasteiger partial charge >= 0.3 is 6.18 Å². The molecule has 3 heterocycles. The van der Waals surface area contributed by atoms with E-state index in [-0.39, 0.29) is 35.5 Å². The molecule has 0 spiro atoms. The molecule has 0 aliphatic carbocycles. The van der Waals surface area contributed by atoms with Crippen molar-refractivity contribution >= 4 is 22.5 Å². The number of anilines is 1. The summed E-state index contributed by atoms with van der Waals surface area (Å²) in [4.78, 5) is 21.1. The molecule has 1 amide bonds. The molecule has 9 heteroatoms. The van der Waals surface area contributed by atoms with Crippen LogP contribution in [0, 0.1) is 5.92 Å². The monoisotopic (exact) mass is 464 g/mol. The second kappa shape index (κ2) is 9.46. The van der Waals surface area contributed by atoms with Crippen LogP contribution in [0.4, 0.5) is 18.9 Å². The zero-order chi connectivity index (χ0) is 23.8. The van der Waals surface area contributed by atoms with E-state index < -0.39 is 11.7 Å². The number of aromatic nitrogens is 1. The maximum absolute atomic E-state index is 13.5. The van der Waals surface area contributed by atoms with Crippen molar-refractivity contribution < 1.29 is 23.1 Å². The van der Waals surface area contributed by atoms with Gasteiger partial charge in [0.15, 0.2) is 0 Å². The van der Waals surface area contributed by atoms with Crippen molar-refractivity contribution in [3.63, 3.8) is 0 Å². The Kier molecular flexibility index (Phi) is 6.81. The van der Waals surface area contributed by atoms with Crippen LogP contribution in [0.2, 0.25) is 0 Å². The molecule has 2 N–H and O–H groups in total. The van der Waals surface area contributed by atoms with E-state index in [4.69, 9.17) is 0 Å². The average molecular weight is 465 g/mol. The Morgan fingerprint density at radius 1 is 1.21 bits per heavy atom. The van der Waals surface area contributed by atoms with Crippen LogP contribution in [0.25, 0.3) is 10.9 Å². The number of aliphatic hydroxyl groups excluding tert-OH is 1. The number of likely N-dealkylation sites (tertiary alicyclic amines) is 1. The number of amides is 1. The van der Waals surface area contributed by atoms with E-state index in [1.807, 2.05) is 6.92 Å². The zero-order valence-corrected chi connectivity index (χ0v) is 19.0.